The molecule has 0 aromatic rings. The van der Waals surface area contributed by atoms with Crippen molar-refractivity contribution in [2.45, 2.75) is 77.7 Å². The minimum Gasteiger partial charge on any atom is -0.327 e. The maximum absolute atomic E-state index is 6.60. The third kappa shape index (κ3) is 2.61. The summed E-state index contributed by atoms with van der Waals surface area (Å²) in [6, 6.07) is 0.482. The topological polar surface area (TPSA) is 26.0 Å². The molecule has 1 nitrogen and oxygen atoms in total. The van der Waals surface area contributed by atoms with Crippen molar-refractivity contribution in [3.05, 3.63) is 0 Å². The van der Waals surface area contributed by atoms with Crippen molar-refractivity contribution < 1.29 is 0 Å². The lowest BCUT2D eigenvalue weighted by Gasteiger charge is -2.45. The van der Waals surface area contributed by atoms with E-state index in [2.05, 4.69) is 13.8 Å². The van der Waals surface area contributed by atoms with Crippen LogP contribution in [-0.2, 0) is 0 Å². The standard InChI is InChI=1S/C15H29N/c1-15(2)11-7-6-10-13(15)14(16)12-8-4-3-5-9-12/h12-14H,3-11,16H2,1-2H3. The van der Waals surface area contributed by atoms with Crippen molar-refractivity contribution in [1.82, 2.24) is 0 Å². The molecule has 0 amide bonds. The Morgan fingerprint density at radius 3 is 2.19 bits per heavy atom. The molecule has 2 aliphatic rings. The van der Waals surface area contributed by atoms with Gasteiger partial charge in [-0.05, 0) is 42.9 Å². The number of hydrogen-bond donors (Lipinski definition) is 1. The first-order chi connectivity index (χ1) is 7.61. The van der Waals surface area contributed by atoms with Gasteiger partial charge in [-0.1, -0.05) is 46.0 Å². The van der Waals surface area contributed by atoms with Crippen molar-refractivity contribution in [3.8, 4) is 0 Å². The molecule has 2 N–H and O–H groups in total. The molecule has 1 heteroatoms. The fourth-order valence-corrected chi connectivity index (χ4v) is 4.08. The van der Waals surface area contributed by atoms with Crippen LogP contribution in [0.3, 0.4) is 0 Å². The largest absolute Gasteiger partial charge is 0.327 e. The SMILES string of the molecule is CC1(C)CCCCC1C(N)C1CCCCC1. The predicted molar refractivity (Wildman–Crippen MR) is 70.3 cm³/mol. The first kappa shape index (κ1) is 12.4. The second-order valence-corrected chi connectivity index (χ2v) is 6.82. The van der Waals surface area contributed by atoms with Gasteiger partial charge in [0.25, 0.3) is 0 Å². The van der Waals surface area contributed by atoms with E-state index in [0.717, 1.165) is 11.8 Å². The van der Waals surface area contributed by atoms with E-state index in [1.54, 1.807) is 0 Å². The van der Waals surface area contributed by atoms with Crippen molar-refractivity contribution in [2.24, 2.45) is 23.0 Å². The van der Waals surface area contributed by atoms with Gasteiger partial charge in [0.05, 0.1) is 0 Å². The fraction of sp³-hybridized carbons (Fsp3) is 1.00. The Balaban J connectivity index is 1.98. The molecule has 16 heavy (non-hydrogen) atoms. The number of nitrogens with two attached hydrogens (primary N) is 1. The van der Waals surface area contributed by atoms with Gasteiger partial charge in [0.15, 0.2) is 0 Å². The van der Waals surface area contributed by atoms with Gasteiger partial charge in [-0.15, -0.1) is 0 Å². The van der Waals surface area contributed by atoms with Crippen LogP contribution in [0.4, 0.5) is 0 Å². The minimum absolute atomic E-state index is 0.482. The molecule has 2 rings (SSSR count). The molecule has 0 radical (unpaired) electrons. The lowest BCUT2D eigenvalue weighted by atomic mass is 9.62. The normalized spacial score (nSPS) is 33.6. The van der Waals surface area contributed by atoms with Crippen LogP contribution in [0.1, 0.15) is 71.6 Å². The highest BCUT2D eigenvalue weighted by atomic mass is 14.7. The second-order valence-electron chi connectivity index (χ2n) is 6.82. The minimum atomic E-state index is 0.482. The van der Waals surface area contributed by atoms with Crippen molar-refractivity contribution >= 4 is 0 Å². The Bertz CT molecular complexity index is 215. The molecule has 0 bridgehead atoms. The highest BCUT2D eigenvalue weighted by Crippen LogP contribution is 2.44. The maximum atomic E-state index is 6.60. The van der Waals surface area contributed by atoms with E-state index in [4.69, 9.17) is 5.73 Å². The lowest BCUT2D eigenvalue weighted by molar-refractivity contribution is 0.0802. The number of rotatable bonds is 2. The molecular formula is C15H29N. The highest BCUT2D eigenvalue weighted by Gasteiger charge is 2.38. The van der Waals surface area contributed by atoms with Gasteiger partial charge >= 0.3 is 0 Å². The number of hydrogen-bond acceptors (Lipinski definition) is 1. The molecule has 0 spiro atoms. The summed E-state index contributed by atoms with van der Waals surface area (Å²) in [4.78, 5) is 0. The smallest absolute Gasteiger partial charge is 0.0101 e. The van der Waals surface area contributed by atoms with Crippen LogP contribution in [0.15, 0.2) is 0 Å². The maximum Gasteiger partial charge on any atom is 0.0101 e. The molecule has 0 aromatic heterocycles. The van der Waals surface area contributed by atoms with Gasteiger partial charge in [-0.2, -0.15) is 0 Å². The first-order valence-electron chi connectivity index (χ1n) is 7.37. The Kier molecular flexibility index (Phi) is 3.94. The van der Waals surface area contributed by atoms with Crippen molar-refractivity contribution in [3.63, 3.8) is 0 Å². The lowest BCUT2D eigenvalue weighted by Crippen LogP contribution is -2.46. The van der Waals surface area contributed by atoms with Gasteiger partial charge in [-0.25, -0.2) is 0 Å². The monoisotopic (exact) mass is 223 g/mol. The molecule has 0 aromatic carbocycles. The molecule has 2 saturated carbocycles. The van der Waals surface area contributed by atoms with Gasteiger partial charge in [0.2, 0.25) is 0 Å². The van der Waals surface area contributed by atoms with E-state index >= 15 is 0 Å². The Morgan fingerprint density at radius 2 is 1.56 bits per heavy atom. The van der Waals surface area contributed by atoms with Crippen LogP contribution in [-0.4, -0.2) is 6.04 Å². The highest BCUT2D eigenvalue weighted by molar-refractivity contribution is 4.92. The van der Waals surface area contributed by atoms with Gasteiger partial charge in [0.1, 0.15) is 0 Å². The van der Waals surface area contributed by atoms with E-state index in [1.807, 2.05) is 0 Å². The zero-order valence-corrected chi connectivity index (χ0v) is 11.2. The van der Waals surface area contributed by atoms with Gasteiger partial charge in [-0.3, -0.25) is 0 Å². The Hall–Kier alpha value is -0.0400. The van der Waals surface area contributed by atoms with Crippen LogP contribution < -0.4 is 5.73 Å². The summed E-state index contributed by atoms with van der Waals surface area (Å²) in [5.41, 5.74) is 7.09. The van der Waals surface area contributed by atoms with Gasteiger partial charge < -0.3 is 5.73 Å². The van der Waals surface area contributed by atoms with Crippen LogP contribution in [0.25, 0.3) is 0 Å². The van der Waals surface area contributed by atoms with E-state index in [9.17, 15) is 0 Å². The summed E-state index contributed by atoms with van der Waals surface area (Å²) in [7, 11) is 0. The molecule has 0 aliphatic heterocycles. The summed E-state index contributed by atoms with van der Waals surface area (Å²) in [5, 5.41) is 0. The molecule has 94 valence electrons. The van der Waals surface area contributed by atoms with Gasteiger partial charge in [0, 0.05) is 6.04 Å². The summed E-state index contributed by atoms with van der Waals surface area (Å²) in [6.07, 6.45) is 12.7. The van der Waals surface area contributed by atoms with Crippen LogP contribution in [0, 0.1) is 17.3 Å². The van der Waals surface area contributed by atoms with Crippen molar-refractivity contribution in [1.29, 1.82) is 0 Å². The fourth-order valence-electron chi connectivity index (χ4n) is 4.08. The zero-order valence-electron chi connectivity index (χ0n) is 11.2. The average molecular weight is 223 g/mol. The molecule has 2 unspecified atom stereocenters. The van der Waals surface area contributed by atoms with Crippen LogP contribution in [0.2, 0.25) is 0 Å². The third-order valence-corrected chi connectivity index (χ3v) is 5.25. The van der Waals surface area contributed by atoms with Crippen LogP contribution >= 0.6 is 0 Å². The second kappa shape index (κ2) is 5.08. The van der Waals surface area contributed by atoms with E-state index in [-0.39, 0.29) is 0 Å². The van der Waals surface area contributed by atoms with Crippen molar-refractivity contribution in [2.75, 3.05) is 0 Å². The molecule has 2 fully saturated rings. The van der Waals surface area contributed by atoms with Crippen LogP contribution in [0.5, 0.6) is 0 Å². The first-order valence-corrected chi connectivity index (χ1v) is 7.37. The molecule has 0 heterocycles. The van der Waals surface area contributed by atoms with E-state index in [0.29, 0.717) is 11.5 Å². The average Bonchev–Trinajstić information content (AvgIpc) is 2.29. The molecular weight excluding hydrogens is 194 g/mol. The molecule has 2 aliphatic carbocycles. The predicted octanol–water partition coefficient (Wildman–Crippen LogP) is 4.11. The van der Waals surface area contributed by atoms with E-state index < -0.39 is 0 Å². The quantitative estimate of drug-likeness (QED) is 0.749. The summed E-state index contributed by atoms with van der Waals surface area (Å²) in [6.45, 7) is 4.89. The van der Waals surface area contributed by atoms with E-state index in [1.165, 1.54) is 57.8 Å². The molecule has 0 saturated heterocycles. The zero-order chi connectivity index (χ0) is 11.6. The summed E-state index contributed by atoms with van der Waals surface area (Å²) >= 11 is 0. The Labute approximate surface area is 101 Å². The summed E-state index contributed by atoms with van der Waals surface area (Å²) < 4.78 is 0. The summed E-state index contributed by atoms with van der Waals surface area (Å²) in [5.74, 6) is 1.61. The third-order valence-electron chi connectivity index (χ3n) is 5.25. The Morgan fingerprint density at radius 1 is 0.938 bits per heavy atom. The molecule has 2 atom stereocenters.